The number of carbonyl (C=O) groups excluding carboxylic acids is 1. The number of aromatic nitrogens is 5. The van der Waals surface area contributed by atoms with Gasteiger partial charge >= 0.3 is 11.7 Å². The highest BCUT2D eigenvalue weighted by Gasteiger charge is 2.25. The summed E-state index contributed by atoms with van der Waals surface area (Å²) in [6, 6.07) is 9.46. The number of hydrogen-bond acceptors (Lipinski definition) is 9. The van der Waals surface area contributed by atoms with Gasteiger partial charge in [-0.3, -0.25) is 15.2 Å². The normalized spacial score (nSPS) is 12.9. The molecule has 1 aliphatic heterocycles. The third-order valence-electron chi connectivity index (χ3n) is 6.00. The maximum absolute atomic E-state index is 12.9. The number of nitrogens with one attached hydrogen (secondary N) is 3. The number of nitrogens with two attached hydrogens (primary N) is 1. The van der Waals surface area contributed by atoms with Crippen LogP contribution in [0.15, 0.2) is 53.6 Å². The Morgan fingerprint density at radius 3 is 2.82 bits per heavy atom. The fourth-order valence-electron chi connectivity index (χ4n) is 4.34. The molecule has 2 aromatic heterocycles. The van der Waals surface area contributed by atoms with Crippen molar-refractivity contribution in [1.29, 1.82) is 5.41 Å². The van der Waals surface area contributed by atoms with E-state index in [1.165, 1.54) is 19.3 Å². The summed E-state index contributed by atoms with van der Waals surface area (Å²) in [5, 5.41) is 15.6. The van der Waals surface area contributed by atoms with Gasteiger partial charge in [-0.05, 0) is 54.3 Å². The van der Waals surface area contributed by atoms with Crippen molar-refractivity contribution in [1.82, 2.24) is 24.7 Å². The van der Waals surface area contributed by atoms with E-state index in [2.05, 4.69) is 31.3 Å². The lowest BCUT2D eigenvalue weighted by Crippen LogP contribution is -2.18. The number of terminal acetylenes is 1. The Bertz CT molecular complexity index is 1670. The summed E-state index contributed by atoms with van der Waals surface area (Å²) >= 11 is 0. The average molecular weight is 525 g/mol. The number of fused-ring (bicyclic) bond motifs is 1. The van der Waals surface area contributed by atoms with E-state index in [1.807, 2.05) is 6.07 Å². The van der Waals surface area contributed by atoms with Crippen LogP contribution in [-0.4, -0.2) is 43.1 Å². The molecule has 3 heterocycles. The number of amidine groups is 1. The second kappa shape index (κ2) is 10.5. The number of esters is 1. The molecule has 12 heteroatoms. The average Bonchev–Trinajstić information content (AvgIpc) is 3.32. The molecule has 0 amide bonds. The molecule has 39 heavy (non-hydrogen) atoms. The predicted octanol–water partition coefficient (Wildman–Crippen LogP) is 2.07. The van der Waals surface area contributed by atoms with Gasteiger partial charge in [0.2, 0.25) is 0 Å². The van der Waals surface area contributed by atoms with Gasteiger partial charge < -0.3 is 20.5 Å². The Morgan fingerprint density at radius 2 is 2.10 bits per heavy atom. The highest BCUT2D eigenvalue weighted by Crippen LogP contribution is 2.35. The molecule has 196 valence electrons. The summed E-state index contributed by atoms with van der Waals surface area (Å²) in [6.45, 7) is 1.84. The van der Waals surface area contributed by atoms with Gasteiger partial charge in [0.05, 0.1) is 17.7 Å². The molecule has 0 spiro atoms. The zero-order valence-corrected chi connectivity index (χ0v) is 20.9. The first-order chi connectivity index (χ1) is 18.8. The monoisotopic (exact) mass is 524 g/mol. The summed E-state index contributed by atoms with van der Waals surface area (Å²) < 4.78 is 12.2. The van der Waals surface area contributed by atoms with Crippen LogP contribution in [0.25, 0.3) is 5.95 Å². The number of carbonyl (C=O) groups is 1. The summed E-state index contributed by atoms with van der Waals surface area (Å²) in [6.07, 6.45) is 10.5. The van der Waals surface area contributed by atoms with Crippen molar-refractivity contribution >= 4 is 17.5 Å². The van der Waals surface area contributed by atoms with Crippen molar-refractivity contribution in [3.8, 4) is 29.8 Å². The van der Waals surface area contributed by atoms with E-state index in [-0.39, 0.29) is 28.9 Å². The molecule has 1 aliphatic rings. The molecular weight excluding hydrogens is 500 g/mol. The Kier molecular flexibility index (Phi) is 6.79. The van der Waals surface area contributed by atoms with Crippen molar-refractivity contribution in [3.05, 3.63) is 87.4 Å². The Hall–Kier alpha value is -5.44. The van der Waals surface area contributed by atoms with Gasteiger partial charge in [0, 0.05) is 31.1 Å². The van der Waals surface area contributed by atoms with Crippen LogP contribution in [0.5, 0.6) is 11.5 Å². The number of nitrogen functional groups attached to an aromatic ring is 1. The third-order valence-corrected chi connectivity index (χ3v) is 6.00. The van der Waals surface area contributed by atoms with Crippen LogP contribution in [0.3, 0.4) is 0 Å². The largest absolute Gasteiger partial charge is 0.492 e. The minimum Gasteiger partial charge on any atom is -0.492 e. The van der Waals surface area contributed by atoms with E-state index in [0.717, 1.165) is 23.1 Å². The Labute approximate surface area is 222 Å². The lowest BCUT2D eigenvalue weighted by atomic mass is 9.95. The maximum atomic E-state index is 12.9. The predicted molar refractivity (Wildman–Crippen MR) is 142 cm³/mol. The highest BCUT2D eigenvalue weighted by molar-refractivity contribution is 5.98. The molecule has 0 fully saturated rings. The fraction of sp³-hybridized carbons (Fsp3) is 0.185. The van der Waals surface area contributed by atoms with Crippen molar-refractivity contribution in [2.24, 2.45) is 5.73 Å². The van der Waals surface area contributed by atoms with Gasteiger partial charge in [0.15, 0.2) is 5.82 Å². The molecule has 1 atom stereocenters. The van der Waals surface area contributed by atoms with Gasteiger partial charge in [-0.15, -0.1) is 16.2 Å². The standard InChI is InChI=1S/C27H24N8O4/c1-3-16-12-18(13-17-6-4-11-38-23(16)17)22(25-33-27(37)35(34-25)26-30-9-5-10-31-26)32-19-7-8-20(24(28)29)21(14-19)39-15(2)36/h1,5,7-10,12-14,22,32H,4,6,11H2,2H3,(H3,28,29)(H,33,34,37)/t22-/m0/s1. The maximum Gasteiger partial charge on any atom is 0.350 e. The number of aryl methyl sites for hydroxylation is 1. The molecule has 0 unspecified atom stereocenters. The second-order valence-electron chi connectivity index (χ2n) is 8.72. The van der Waals surface area contributed by atoms with Crippen molar-refractivity contribution in [2.75, 3.05) is 11.9 Å². The zero-order valence-electron chi connectivity index (χ0n) is 20.9. The minimum absolute atomic E-state index is 0.106. The number of anilines is 1. The molecule has 0 bridgehead atoms. The third kappa shape index (κ3) is 5.19. The van der Waals surface area contributed by atoms with Crippen LogP contribution in [0.4, 0.5) is 5.69 Å². The number of hydrogen-bond donors (Lipinski definition) is 4. The number of nitrogens with zero attached hydrogens (tertiary/aromatic N) is 4. The molecule has 4 aromatic rings. The molecule has 0 saturated carbocycles. The Balaban J connectivity index is 1.63. The summed E-state index contributed by atoms with van der Waals surface area (Å²) in [5.74, 6) is 3.02. The van der Waals surface area contributed by atoms with E-state index in [9.17, 15) is 9.59 Å². The van der Waals surface area contributed by atoms with Gasteiger partial charge in [0.1, 0.15) is 23.4 Å². The van der Waals surface area contributed by atoms with E-state index < -0.39 is 17.7 Å². The van der Waals surface area contributed by atoms with Crippen LogP contribution < -0.4 is 26.2 Å². The molecule has 0 radical (unpaired) electrons. The fourth-order valence-corrected chi connectivity index (χ4v) is 4.34. The number of H-pyrrole nitrogens is 1. The van der Waals surface area contributed by atoms with Gasteiger partial charge in [-0.25, -0.2) is 14.8 Å². The van der Waals surface area contributed by atoms with Gasteiger partial charge in [-0.2, -0.15) is 0 Å². The molecule has 0 saturated heterocycles. The minimum atomic E-state index is -0.713. The summed E-state index contributed by atoms with van der Waals surface area (Å²) in [7, 11) is 0. The van der Waals surface area contributed by atoms with Crippen LogP contribution in [0.1, 0.15) is 47.5 Å². The van der Waals surface area contributed by atoms with Gasteiger partial charge in [-0.1, -0.05) is 5.92 Å². The van der Waals surface area contributed by atoms with E-state index in [1.54, 1.807) is 30.3 Å². The summed E-state index contributed by atoms with van der Waals surface area (Å²) in [4.78, 5) is 35.6. The second-order valence-corrected chi connectivity index (χ2v) is 8.72. The van der Waals surface area contributed by atoms with Crippen LogP contribution >= 0.6 is 0 Å². The highest BCUT2D eigenvalue weighted by atomic mass is 16.5. The molecule has 2 aromatic carbocycles. The molecule has 5 N–H and O–H groups in total. The molecule has 12 nitrogen and oxygen atoms in total. The van der Waals surface area contributed by atoms with Gasteiger partial charge in [0.25, 0.3) is 5.95 Å². The molecular formula is C27H24N8O4. The quantitative estimate of drug-likeness (QED) is 0.0927. The Morgan fingerprint density at radius 1 is 1.31 bits per heavy atom. The van der Waals surface area contributed by atoms with Crippen molar-refractivity contribution < 1.29 is 14.3 Å². The first kappa shape index (κ1) is 25.2. The molecule has 5 rings (SSSR count). The van der Waals surface area contributed by atoms with E-state index in [4.69, 9.17) is 27.0 Å². The smallest absolute Gasteiger partial charge is 0.350 e. The van der Waals surface area contributed by atoms with Crippen molar-refractivity contribution in [3.63, 3.8) is 0 Å². The van der Waals surface area contributed by atoms with Crippen LogP contribution in [0, 0.1) is 17.8 Å². The van der Waals surface area contributed by atoms with Crippen molar-refractivity contribution in [2.45, 2.75) is 25.8 Å². The van der Waals surface area contributed by atoms with E-state index in [0.29, 0.717) is 29.2 Å². The first-order valence-electron chi connectivity index (χ1n) is 12.0. The van der Waals surface area contributed by atoms with Crippen LogP contribution in [-0.2, 0) is 11.2 Å². The van der Waals surface area contributed by atoms with Crippen LogP contribution in [0.2, 0.25) is 0 Å². The topological polar surface area (TPSA) is 174 Å². The molecule has 0 aliphatic carbocycles. The number of ether oxygens (including phenoxy) is 2. The zero-order chi connectivity index (χ0) is 27.5. The number of benzene rings is 2. The lowest BCUT2D eigenvalue weighted by Gasteiger charge is -2.24. The van der Waals surface area contributed by atoms with E-state index >= 15 is 0 Å². The first-order valence-corrected chi connectivity index (χ1v) is 12.0. The summed E-state index contributed by atoms with van der Waals surface area (Å²) in [5.41, 5.74) is 8.14. The number of aromatic amines is 1. The number of rotatable bonds is 7. The SMILES string of the molecule is C#Cc1cc([C@H](Nc2ccc(C(=N)N)c(OC(C)=O)c2)c2nn(-c3ncccn3)c(=O)[nH]2)cc2c1OCCC2. The lowest BCUT2D eigenvalue weighted by molar-refractivity contribution is -0.131.